The summed E-state index contributed by atoms with van der Waals surface area (Å²) in [5.41, 5.74) is 5.76. The van der Waals surface area contributed by atoms with E-state index in [9.17, 15) is 0 Å². The normalized spacial score (nSPS) is 35.0. The summed E-state index contributed by atoms with van der Waals surface area (Å²) < 4.78 is 0. The van der Waals surface area contributed by atoms with Crippen molar-refractivity contribution in [1.29, 1.82) is 0 Å². The topological polar surface area (TPSA) is 29.3 Å². The summed E-state index contributed by atoms with van der Waals surface area (Å²) in [6, 6.07) is 0.325. The summed E-state index contributed by atoms with van der Waals surface area (Å²) in [5, 5.41) is 0. The molecule has 0 spiro atoms. The molecule has 0 aromatic rings. The van der Waals surface area contributed by atoms with E-state index >= 15 is 0 Å². The molecule has 2 unspecified atom stereocenters. The van der Waals surface area contributed by atoms with Crippen LogP contribution in [-0.4, -0.2) is 30.6 Å². The second kappa shape index (κ2) is 4.24. The lowest BCUT2D eigenvalue weighted by molar-refractivity contribution is 0.134. The molecule has 0 aromatic heterocycles. The number of likely N-dealkylation sites (tertiary alicyclic amines) is 1. The highest BCUT2D eigenvalue weighted by atomic mass is 15.1. The average Bonchev–Trinajstić information content (AvgIpc) is 1.96. The van der Waals surface area contributed by atoms with Crippen molar-refractivity contribution >= 4 is 0 Å². The first-order chi connectivity index (χ1) is 5.59. The first-order valence-corrected chi connectivity index (χ1v) is 5.07. The van der Waals surface area contributed by atoms with Crippen molar-refractivity contribution in [2.75, 3.05) is 19.6 Å². The summed E-state index contributed by atoms with van der Waals surface area (Å²) >= 11 is 0. The maximum Gasteiger partial charge on any atom is 0.0139 e. The Kier molecular flexibility index (Phi) is 3.53. The maximum atomic E-state index is 5.76. The Bertz CT molecular complexity index is 134. The quantitative estimate of drug-likeness (QED) is 0.677. The largest absolute Gasteiger partial charge is 0.327 e. The monoisotopic (exact) mass is 170 g/mol. The van der Waals surface area contributed by atoms with Crippen LogP contribution in [0.4, 0.5) is 0 Å². The maximum absolute atomic E-state index is 5.76. The van der Waals surface area contributed by atoms with Gasteiger partial charge in [0.15, 0.2) is 0 Å². The predicted molar refractivity (Wildman–Crippen MR) is 53.0 cm³/mol. The molecular formula is C10H22N2. The zero-order chi connectivity index (χ0) is 9.14. The smallest absolute Gasteiger partial charge is 0.0139 e. The van der Waals surface area contributed by atoms with Gasteiger partial charge in [-0.05, 0) is 31.7 Å². The number of piperidine rings is 1. The third-order valence-electron chi connectivity index (χ3n) is 2.96. The van der Waals surface area contributed by atoms with Gasteiger partial charge in [-0.25, -0.2) is 0 Å². The Balaban J connectivity index is 2.30. The fourth-order valence-electron chi connectivity index (χ4n) is 1.92. The molecule has 1 fully saturated rings. The summed E-state index contributed by atoms with van der Waals surface area (Å²) in [5.74, 6) is 1.74. The van der Waals surface area contributed by atoms with E-state index in [4.69, 9.17) is 5.73 Å². The van der Waals surface area contributed by atoms with Crippen LogP contribution in [-0.2, 0) is 0 Å². The van der Waals surface area contributed by atoms with Gasteiger partial charge in [-0.2, -0.15) is 0 Å². The summed E-state index contributed by atoms with van der Waals surface area (Å²) in [4.78, 5) is 2.50. The van der Waals surface area contributed by atoms with Gasteiger partial charge in [0.25, 0.3) is 0 Å². The molecule has 0 amide bonds. The van der Waals surface area contributed by atoms with Crippen LogP contribution < -0.4 is 5.73 Å². The Morgan fingerprint density at radius 1 is 1.42 bits per heavy atom. The zero-order valence-corrected chi connectivity index (χ0v) is 8.59. The zero-order valence-electron chi connectivity index (χ0n) is 8.59. The van der Waals surface area contributed by atoms with E-state index in [1.165, 1.54) is 19.5 Å². The Morgan fingerprint density at radius 2 is 2.08 bits per heavy atom. The van der Waals surface area contributed by atoms with Crippen LogP contribution in [0.15, 0.2) is 0 Å². The fraction of sp³-hybridized carbons (Fsp3) is 1.00. The van der Waals surface area contributed by atoms with Crippen LogP contribution in [0.25, 0.3) is 0 Å². The van der Waals surface area contributed by atoms with E-state index in [0.29, 0.717) is 6.04 Å². The summed E-state index contributed by atoms with van der Waals surface area (Å²) in [6.07, 6.45) is 1.34. The van der Waals surface area contributed by atoms with E-state index in [0.717, 1.165) is 18.4 Å². The van der Waals surface area contributed by atoms with Crippen LogP contribution in [0.3, 0.4) is 0 Å². The Hall–Kier alpha value is -0.0800. The number of rotatable bonds is 2. The molecule has 0 aliphatic carbocycles. The molecule has 1 heterocycles. The first kappa shape index (κ1) is 10.0. The lowest BCUT2D eigenvalue weighted by Gasteiger charge is -2.36. The molecule has 2 nitrogen and oxygen atoms in total. The van der Waals surface area contributed by atoms with Crippen LogP contribution in [0.1, 0.15) is 27.2 Å². The third-order valence-corrected chi connectivity index (χ3v) is 2.96. The molecule has 1 aliphatic heterocycles. The van der Waals surface area contributed by atoms with Gasteiger partial charge in [-0.3, -0.25) is 0 Å². The van der Waals surface area contributed by atoms with Crippen LogP contribution in [0.2, 0.25) is 0 Å². The highest BCUT2D eigenvalue weighted by Crippen LogP contribution is 2.21. The van der Waals surface area contributed by atoms with E-state index in [1.807, 2.05) is 0 Å². The van der Waals surface area contributed by atoms with Crippen molar-refractivity contribution in [3.8, 4) is 0 Å². The molecule has 12 heavy (non-hydrogen) atoms. The minimum atomic E-state index is 0.325. The molecule has 0 saturated carbocycles. The molecule has 0 aromatic carbocycles. The third kappa shape index (κ3) is 2.76. The van der Waals surface area contributed by atoms with Gasteiger partial charge in [-0.1, -0.05) is 13.8 Å². The minimum Gasteiger partial charge on any atom is -0.327 e. The molecule has 1 aliphatic rings. The van der Waals surface area contributed by atoms with E-state index in [2.05, 4.69) is 25.7 Å². The van der Waals surface area contributed by atoms with Crippen molar-refractivity contribution in [3.63, 3.8) is 0 Å². The molecule has 72 valence electrons. The van der Waals surface area contributed by atoms with Crippen LogP contribution in [0.5, 0.6) is 0 Å². The van der Waals surface area contributed by atoms with Crippen molar-refractivity contribution in [1.82, 2.24) is 4.90 Å². The van der Waals surface area contributed by atoms with E-state index in [-0.39, 0.29) is 0 Å². The highest BCUT2D eigenvalue weighted by Gasteiger charge is 2.22. The van der Waals surface area contributed by atoms with Gasteiger partial charge in [0.1, 0.15) is 0 Å². The SMILES string of the molecule is CC1CCN(C[C@@H](C)N)CC1C. The number of nitrogens with zero attached hydrogens (tertiary/aromatic N) is 1. The molecule has 0 radical (unpaired) electrons. The molecule has 3 atom stereocenters. The van der Waals surface area contributed by atoms with Crippen molar-refractivity contribution in [3.05, 3.63) is 0 Å². The molecular weight excluding hydrogens is 148 g/mol. The molecule has 2 N–H and O–H groups in total. The molecule has 1 rings (SSSR count). The number of nitrogens with two attached hydrogens (primary N) is 1. The van der Waals surface area contributed by atoms with Crippen molar-refractivity contribution < 1.29 is 0 Å². The average molecular weight is 170 g/mol. The van der Waals surface area contributed by atoms with Gasteiger partial charge in [0.05, 0.1) is 0 Å². The Morgan fingerprint density at radius 3 is 2.58 bits per heavy atom. The minimum absolute atomic E-state index is 0.325. The lowest BCUT2D eigenvalue weighted by Crippen LogP contribution is -2.43. The van der Waals surface area contributed by atoms with Crippen LogP contribution in [0, 0.1) is 11.8 Å². The second-order valence-corrected chi connectivity index (χ2v) is 4.48. The predicted octanol–water partition coefficient (Wildman–Crippen LogP) is 1.31. The molecule has 1 saturated heterocycles. The van der Waals surface area contributed by atoms with Crippen molar-refractivity contribution in [2.24, 2.45) is 17.6 Å². The number of hydrogen-bond donors (Lipinski definition) is 1. The van der Waals surface area contributed by atoms with Gasteiger partial charge in [-0.15, -0.1) is 0 Å². The van der Waals surface area contributed by atoms with Gasteiger partial charge >= 0.3 is 0 Å². The van der Waals surface area contributed by atoms with Crippen molar-refractivity contribution in [2.45, 2.75) is 33.2 Å². The van der Waals surface area contributed by atoms with E-state index < -0.39 is 0 Å². The summed E-state index contributed by atoms with van der Waals surface area (Å²) in [6.45, 7) is 10.3. The fourth-order valence-corrected chi connectivity index (χ4v) is 1.92. The second-order valence-electron chi connectivity index (χ2n) is 4.48. The van der Waals surface area contributed by atoms with E-state index in [1.54, 1.807) is 0 Å². The molecule has 0 bridgehead atoms. The molecule has 2 heteroatoms. The van der Waals surface area contributed by atoms with Gasteiger partial charge in [0, 0.05) is 19.1 Å². The van der Waals surface area contributed by atoms with Crippen LogP contribution >= 0.6 is 0 Å². The lowest BCUT2D eigenvalue weighted by atomic mass is 9.88. The standard InChI is InChI=1S/C10H22N2/c1-8-4-5-12(6-9(8)2)7-10(3)11/h8-10H,4-7,11H2,1-3H3/t8?,9?,10-/m1/s1. The first-order valence-electron chi connectivity index (χ1n) is 5.07. The Labute approximate surface area is 76.1 Å². The van der Waals surface area contributed by atoms with Gasteiger partial charge in [0.2, 0.25) is 0 Å². The number of hydrogen-bond acceptors (Lipinski definition) is 2. The van der Waals surface area contributed by atoms with Gasteiger partial charge < -0.3 is 10.6 Å². The summed E-state index contributed by atoms with van der Waals surface area (Å²) in [7, 11) is 0. The highest BCUT2D eigenvalue weighted by molar-refractivity contribution is 4.76.